The minimum atomic E-state index is 0.485. The van der Waals surface area contributed by atoms with Crippen molar-refractivity contribution in [3.63, 3.8) is 0 Å². The molecule has 0 bridgehead atoms. The molecule has 2 fully saturated rings. The Morgan fingerprint density at radius 1 is 1.39 bits per heavy atom. The Labute approximate surface area is 108 Å². The molecule has 5 nitrogen and oxygen atoms in total. The Hall–Kier alpha value is -1.36. The van der Waals surface area contributed by atoms with E-state index < -0.39 is 0 Å². The van der Waals surface area contributed by atoms with Gasteiger partial charge >= 0.3 is 0 Å². The van der Waals surface area contributed by atoms with Gasteiger partial charge in [-0.1, -0.05) is 0 Å². The van der Waals surface area contributed by atoms with E-state index in [0.29, 0.717) is 5.41 Å². The second-order valence-electron chi connectivity index (χ2n) is 5.51. The molecule has 0 radical (unpaired) electrons. The zero-order chi connectivity index (χ0) is 12.6. The molecule has 98 valence electrons. The summed E-state index contributed by atoms with van der Waals surface area (Å²) >= 11 is 0. The third-order valence-electron chi connectivity index (χ3n) is 4.17. The standard InChI is InChI=1S/C13H21N5/c1-10-16-11(14-2)7-12(17-10)18-6-4-13(9-18)3-5-15-8-13/h7,15H,3-6,8-9H2,1-2H3,(H,14,16,17). The van der Waals surface area contributed by atoms with Gasteiger partial charge < -0.3 is 15.5 Å². The van der Waals surface area contributed by atoms with E-state index in [1.165, 1.54) is 19.4 Å². The molecule has 2 saturated heterocycles. The molecule has 2 N–H and O–H groups in total. The Kier molecular flexibility index (Phi) is 2.86. The first kappa shape index (κ1) is 11.7. The van der Waals surface area contributed by atoms with Crippen molar-refractivity contribution in [1.82, 2.24) is 15.3 Å². The van der Waals surface area contributed by atoms with Gasteiger partial charge in [0, 0.05) is 38.2 Å². The lowest BCUT2D eigenvalue weighted by Crippen LogP contribution is -2.29. The van der Waals surface area contributed by atoms with Crippen LogP contribution < -0.4 is 15.5 Å². The molecule has 18 heavy (non-hydrogen) atoms. The van der Waals surface area contributed by atoms with Crippen LogP contribution in [0.4, 0.5) is 11.6 Å². The van der Waals surface area contributed by atoms with Crippen molar-refractivity contribution in [1.29, 1.82) is 0 Å². The monoisotopic (exact) mass is 247 g/mol. The molecule has 2 aliphatic heterocycles. The van der Waals surface area contributed by atoms with Crippen molar-refractivity contribution >= 4 is 11.6 Å². The van der Waals surface area contributed by atoms with Crippen LogP contribution in [0, 0.1) is 12.3 Å². The van der Waals surface area contributed by atoms with Gasteiger partial charge in [-0.05, 0) is 26.3 Å². The van der Waals surface area contributed by atoms with Crippen LogP contribution in [0.3, 0.4) is 0 Å². The molecular formula is C13H21N5. The number of hydrogen-bond acceptors (Lipinski definition) is 5. The summed E-state index contributed by atoms with van der Waals surface area (Å²) in [5.41, 5.74) is 0.485. The predicted molar refractivity (Wildman–Crippen MR) is 73.1 cm³/mol. The van der Waals surface area contributed by atoms with Gasteiger partial charge in [-0.2, -0.15) is 0 Å². The van der Waals surface area contributed by atoms with E-state index in [1.54, 1.807) is 0 Å². The van der Waals surface area contributed by atoms with Crippen molar-refractivity contribution in [2.24, 2.45) is 5.41 Å². The maximum atomic E-state index is 4.57. The molecular weight excluding hydrogens is 226 g/mol. The van der Waals surface area contributed by atoms with Crippen molar-refractivity contribution in [3.8, 4) is 0 Å². The number of anilines is 2. The van der Waals surface area contributed by atoms with Gasteiger partial charge in [-0.3, -0.25) is 0 Å². The highest BCUT2D eigenvalue weighted by Crippen LogP contribution is 2.37. The summed E-state index contributed by atoms with van der Waals surface area (Å²) in [6.45, 7) is 6.51. The van der Waals surface area contributed by atoms with E-state index >= 15 is 0 Å². The van der Waals surface area contributed by atoms with E-state index in [4.69, 9.17) is 0 Å². The van der Waals surface area contributed by atoms with Crippen LogP contribution in [0.1, 0.15) is 18.7 Å². The average Bonchev–Trinajstić information content (AvgIpc) is 3.00. The van der Waals surface area contributed by atoms with Gasteiger partial charge in [-0.15, -0.1) is 0 Å². The molecule has 1 aromatic heterocycles. The van der Waals surface area contributed by atoms with Crippen molar-refractivity contribution in [2.75, 3.05) is 43.4 Å². The molecule has 1 aromatic rings. The fraction of sp³-hybridized carbons (Fsp3) is 0.692. The van der Waals surface area contributed by atoms with Crippen molar-refractivity contribution in [2.45, 2.75) is 19.8 Å². The normalized spacial score (nSPS) is 27.1. The second-order valence-corrected chi connectivity index (χ2v) is 5.51. The molecule has 1 atom stereocenters. The predicted octanol–water partition coefficient (Wildman–Crippen LogP) is 1.02. The van der Waals surface area contributed by atoms with E-state index in [0.717, 1.165) is 37.1 Å². The molecule has 0 saturated carbocycles. The van der Waals surface area contributed by atoms with E-state index in [1.807, 2.05) is 14.0 Å². The lowest BCUT2D eigenvalue weighted by Gasteiger charge is -2.23. The SMILES string of the molecule is CNc1cc(N2CCC3(CCNC3)C2)nc(C)n1. The smallest absolute Gasteiger partial charge is 0.134 e. The highest BCUT2D eigenvalue weighted by atomic mass is 15.2. The molecule has 0 amide bonds. The summed E-state index contributed by atoms with van der Waals surface area (Å²) in [6.07, 6.45) is 2.57. The van der Waals surface area contributed by atoms with Gasteiger partial charge in [0.15, 0.2) is 0 Å². The molecule has 0 aromatic carbocycles. The Morgan fingerprint density at radius 2 is 2.28 bits per heavy atom. The molecule has 5 heteroatoms. The van der Waals surface area contributed by atoms with E-state index in [9.17, 15) is 0 Å². The number of nitrogens with zero attached hydrogens (tertiary/aromatic N) is 3. The van der Waals surface area contributed by atoms with Crippen LogP contribution in [0.15, 0.2) is 6.07 Å². The first-order valence-corrected chi connectivity index (χ1v) is 6.70. The maximum absolute atomic E-state index is 4.57. The minimum absolute atomic E-state index is 0.485. The lowest BCUT2D eigenvalue weighted by molar-refractivity contribution is 0.369. The highest BCUT2D eigenvalue weighted by Gasteiger charge is 2.40. The van der Waals surface area contributed by atoms with Gasteiger partial charge in [-0.25, -0.2) is 9.97 Å². The van der Waals surface area contributed by atoms with Gasteiger partial charge in [0.05, 0.1) is 0 Å². The first-order chi connectivity index (χ1) is 8.71. The van der Waals surface area contributed by atoms with E-state index in [-0.39, 0.29) is 0 Å². The molecule has 3 rings (SSSR count). The van der Waals surface area contributed by atoms with Crippen molar-refractivity contribution < 1.29 is 0 Å². The maximum Gasteiger partial charge on any atom is 0.134 e. The average molecular weight is 247 g/mol. The van der Waals surface area contributed by atoms with Crippen molar-refractivity contribution in [3.05, 3.63) is 11.9 Å². The zero-order valence-corrected chi connectivity index (χ0v) is 11.2. The Bertz CT molecular complexity index is 439. The summed E-state index contributed by atoms with van der Waals surface area (Å²) in [4.78, 5) is 11.3. The summed E-state index contributed by atoms with van der Waals surface area (Å²) in [5, 5.41) is 6.59. The summed E-state index contributed by atoms with van der Waals surface area (Å²) in [7, 11) is 1.90. The molecule has 2 aliphatic rings. The number of aryl methyl sites for hydroxylation is 1. The fourth-order valence-corrected chi connectivity index (χ4v) is 3.12. The third kappa shape index (κ3) is 2.03. The first-order valence-electron chi connectivity index (χ1n) is 6.70. The largest absolute Gasteiger partial charge is 0.373 e. The van der Waals surface area contributed by atoms with Crippen LogP contribution in [-0.2, 0) is 0 Å². The molecule has 1 unspecified atom stereocenters. The van der Waals surface area contributed by atoms with Crippen LogP contribution >= 0.6 is 0 Å². The number of rotatable bonds is 2. The Morgan fingerprint density at radius 3 is 3.00 bits per heavy atom. The third-order valence-corrected chi connectivity index (χ3v) is 4.17. The van der Waals surface area contributed by atoms with Gasteiger partial charge in [0.2, 0.25) is 0 Å². The van der Waals surface area contributed by atoms with Crippen LogP contribution in [0.5, 0.6) is 0 Å². The second kappa shape index (κ2) is 4.39. The number of aromatic nitrogens is 2. The zero-order valence-electron chi connectivity index (χ0n) is 11.2. The van der Waals surface area contributed by atoms with E-state index in [2.05, 4.69) is 31.6 Å². The summed E-state index contributed by atoms with van der Waals surface area (Å²) in [5.74, 6) is 2.81. The minimum Gasteiger partial charge on any atom is -0.373 e. The van der Waals surface area contributed by atoms with Crippen LogP contribution in [-0.4, -0.2) is 43.2 Å². The summed E-state index contributed by atoms with van der Waals surface area (Å²) < 4.78 is 0. The van der Waals surface area contributed by atoms with Gasteiger partial charge in [0.25, 0.3) is 0 Å². The molecule has 1 spiro atoms. The number of hydrogen-bond donors (Lipinski definition) is 2. The summed E-state index contributed by atoms with van der Waals surface area (Å²) in [6, 6.07) is 2.05. The number of nitrogens with one attached hydrogen (secondary N) is 2. The van der Waals surface area contributed by atoms with Crippen LogP contribution in [0.25, 0.3) is 0 Å². The van der Waals surface area contributed by atoms with Gasteiger partial charge in [0.1, 0.15) is 17.5 Å². The molecule has 3 heterocycles. The molecule has 0 aliphatic carbocycles. The topological polar surface area (TPSA) is 53.1 Å². The lowest BCUT2D eigenvalue weighted by atomic mass is 9.87. The quantitative estimate of drug-likeness (QED) is 0.817. The fourth-order valence-electron chi connectivity index (χ4n) is 3.12. The van der Waals surface area contributed by atoms with Crippen LogP contribution in [0.2, 0.25) is 0 Å². The highest BCUT2D eigenvalue weighted by molar-refractivity contribution is 5.50. The Balaban J connectivity index is 1.81.